The molecule has 0 aliphatic rings. The van der Waals surface area contributed by atoms with E-state index < -0.39 is 65.2 Å². The number of hydrogen-bond acceptors (Lipinski definition) is 2. The van der Waals surface area contributed by atoms with Crippen LogP contribution in [0, 0.1) is 0 Å². The molecule has 0 heterocycles. The van der Waals surface area contributed by atoms with Crippen LogP contribution in [0.2, 0.25) is 0 Å². The van der Waals surface area contributed by atoms with Crippen molar-refractivity contribution >= 4 is 11.8 Å². The number of halogens is 17. The maximum absolute atomic E-state index is 13.7. The summed E-state index contributed by atoms with van der Waals surface area (Å²) in [6.07, 6.45) is -10.0. The summed E-state index contributed by atoms with van der Waals surface area (Å²) < 4.78 is 224. The Bertz CT molecular complexity index is 685. The van der Waals surface area contributed by atoms with Crippen LogP contribution in [0.3, 0.4) is 0 Å². The van der Waals surface area contributed by atoms with Crippen molar-refractivity contribution in [3.8, 4) is 0 Å². The van der Waals surface area contributed by atoms with Crippen LogP contribution < -0.4 is 0 Å². The van der Waals surface area contributed by atoms with Crippen LogP contribution in [0.4, 0.5) is 74.6 Å². The van der Waals surface area contributed by atoms with Crippen LogP contribution in [0.25, 0.3) is 0 Å². The summed E-state index contributed by atoms with van der Waals surface area (Å²) in [5.41, 5.74) is 0. The van der Waals surface area contributed by atoms with Crippen LogP contribution in [0.1, 0.15) is 19.8 Å². The smallest absolute Gasteiger partial charge is 0.298 e. The molecule has 1 unspecified atom stereocenters. The highest BCUT2D eigenvalue weighted by molar-refractivity contribution is 7.99. The summed E-state index contributed by atoms with van der Waals surface area (Å²) in [7, 11) is 2.73. The fraction of sp³-hybridized carbons (Fsp3) is 1.00. The molecule has 0 rings (SSSR count). The highest BCUT2D eigenvalue weighted by Gasteiger charge is 2.95. The zero-order valence-corrected chi connectivity index (χ0v) is 17.8. The number of thioether (sulfide) groups is 1. The first-order valence-electron chi connectivity index (χ1n) is 8.61. The number of hydrogen-bond donors (Lipinski definition) is 0. The van der Waals surface area contributed by atoms with Gasteiger partial charge in [-0.25, -0.2) is 0 Å². The summed E-state index contributed by atoms with van der Waals surface area (Å²) in [6.45, 7) is 1.46. The molecule has 0 aromatic carbocycles. The first kappa shape index (κ1) is 33.1. The molecule has 1 nitrogen and oxygen atoms in total. The van der Waals surface area contributed by atoms with Gasteiger partial charge >= 0.3 is 47.6 Å². The molecule has 19 heteroatoms. The van der Waals surface area contributed by atoms with E-state index in [1.807, 2.05) is 0 Å². The summed E-state index contributed by atoms with van der Waals surface area (Å²) in [5, 5.41) is -0.709. The van der Waals surface area contributed by atoms with Crippen molar-refractivity contribution in [2.24, 2.45) is 0 Å². The Hall–Kier alpha value is -0.880. The largest absolute Gasteiger partial charge is 0.460 e. The second-order valence-corrected chi connectivity index (χ2v) is 8.38. The molecule has 0 aromatic rings. The van der Waals surface area contributed by atoms with E-state index in [1.165, 1.54) is 25.9 Å². The summed E-state index contributed by atoms with van der Waals surface area (Å²) in [5.74, 6) is -57.1. The van der Waals surface area contributed by atoms with Crippen molar-refractivity contribution in [2.75, 3.05) is 19.8 Å². The predicted molar refractivity (Wildman–Crippen MR) is 85.5 cm³/mol. The lowest BCUT2D eigenvalue weighted by Gasteiger charge is -2.42. The molecule has 1 atom stereocenters. The lowest BCUT2D eigenvalue weighted by atomic mass is 9.88. The van der Waals surface area contributed by atoms with Crippen LogP contribution in [0.5, 0.6) is 0 Å². The monoisotopic (exact) mass is 565 g/mol. The molecule has 0 aliphatic carbocycles. The number of nitrogens with zero attached hydrogens (tertiary/aromatic N) is 1. The number of alkyl halides is 17. The van der Waals surface area contributed by atoms with Crippen molar-refractivity contribution in [3.05, 3.63) is 0 Å². The molecule has 0 fully saturated rings. The lowest BCUT2D eigenvalue weighted by Crippen LogP contribution is -2.74. The Balaban J connectivity index is 6.30. The predicted octanol–water partition coefficient (Wildman–Crippen LogP) is 7.42. The number of rotatable bonds is 12. The molecule has 34 heavy (non-hydrogen) atoms. The van der Waals surface area contributed by atoms with Gasteiger partial charge in [0.05, 0.1) is 5.37 Å². The summed E-state index contributed by atoms with van der Waals surface area (Å²) in [6, 6.07) is 0. The lowest BCUT2D eigenvalue weighted by molar-refractivity contribution is -0.461. The first-order chi connectivity index (χ1) is 14.6. The van der Waals surface area contributed by atoms with E-state index in [9.17, 15) is 74.6 Å². The molecule has 0 saturated carbocycles. The zero-order valence-electron chi connectivity index (χ0n) is 17.0. The second kappa shape index (κ2) is 9.53. The fourth-order valence-electron chi connectivity index (χ4n) is 2.31. The average molecular weight is 565 g/mol. The molecular formula is C15H16F17NS. The van der Waals surface area contributed by atoms with Gasteiger partial charge < -0.3 is 0 Å². The average Bonchev–Trinajstić information content (AvgIpc) is 2.62. The van der Waals surface area contributed by atoms with E-state index >= 15 is 0 Å². The normalized spacial score (nSPS) is 16.9. The highest BCUT2D eigenvalue weighted by Crippen LogP contribution is 2.64. The van der Waals surface area contributed by atoms with Gasteiger partial charge in [0.1, 0.15) is 0 Å². The molecule has 0 saturated heterocycles. The summed E-state index contributed by atoms with van der Waals surface area (Å²) in [4.78, 5) is 1.33. The minimum absolute atomic E-state index is 0.155. The third kappa shape index (κ3) is 5.00. The maximum Gasteiger partial charge on any atom is 0.460 e. The summed E-state index contributed by atoms with van der Waals surface area (Å²) >= 11 is 0.395. The Morgan fingerprint density at radius 1 is 0.559 bits per heavy atom. The molecule has 0 radical (unpaired) electrons. The Labute approximate surface area is 185 Å². The first-order valence-corrected chi connectivity index (χ1v) is 9.66. The van der Waals surface area contributed by atoms with E-state index in [1.54, 1.807) is 0 Å². The minimum Gasteiger partial charge on any atom is -0.298 e. The van der Waals surface area contributed by atoms with E-state index in [2.05, 4.69) is 0 Å². The van der Waals surface area contributed by atoms with Gasteiger partial charge in [-0.2, -0.15) is 74.6 Å². The highest BCUT2D eigenvalue weighted by atomic mass is 32.2. The van der Waals surface area contributed by atoms with E-state index in [0.29, 0.717) is 11.8 Å². The SMILES string of the molecule is CCC(SCCC(F)(F)C(F)(F)C(F)(F)C(F)(F)C(F)(F)C(F)(F)C(F)(F)C(F)(F)F)N(C)C. The molecule has 0 aliphatic heterocycles. The molecule has 0 amide bonds. The van der Waals surface area contributed by atoms with Gasteiger partial charge in [0.15, 0.2) is 0 Å². The van der Waals surface area contributed by atoms with Gasteiger partial charge in [0, 0.05) is 12.2 Å². The van der Waals surface area contributed by atoms with Crippen LogP contribution >= 0.6 is 11.8 Å². The second-order valence-electron chi connectivity index (χ2n) is 7.10. The topological polar surface area (TPSA) is 3.24 Å². The van der Waals surface area contributed by atoms with Crippen molar-refractivity contribution in [3.63, 3.8) is 0 Å². The Morgan fingerprint density at radius 2 is 0.882 bits per heavy atom. The maximum atomic E-state index is 13.7. The molecule has 0 N–H and O–H groups in total. The van der Waals surface area contributed by atoms with Gasteiger partial charge in [-0.3, -0.25) is 4.90 Å². The van der Waals surface area contributed by atoms with Gasteiger partial charge in [0.2, 0.25) is 0 Å². The van der Waals surface area contributed by atoms with E-state index in [4.69, 9.17) is 0 Å². The minimum atomic E-state index is -8.59. The van der Waals surface area contributed by atoms with Crippen molar-refractivity contribution in [1.29, 1.82) is 0 Å². The molecular weight excluding hydrogens is 549 g/mol. The van der Waals surface area contributed by atoms with Crippen LogP contribution in [0.15, 0.2) is 0 Å². The van der Waals surface area contributed by atoms with E-state index in [0.717, 1.165) is 0 Å². The zero-order chi connectivity index (χ0) is 28.0. The van der Waals surface area contributed by atoms with Crippen molar-refractivity contribution < 1.29 is 74.6 Å². The van der Waals surface area contributed by atoms with Crippen molar-refractivity contribution in [2.45, 2.75) is 72.8 Å². The van der Waals surface area contributed by atoms with Gasteiger partial charge in [-0.05, 0) is 20.5 Å². The van der Waals surface area contributed by atoms with Crippen molar-refractivity contribution in [1.82, 2.24) is 4.90 Å². The Kier molecular flexibility index (Phi) is 9.29. The molecule has 0 spiro atoms. The third-order valence-corrected chi connectivity index (χ3v) is 6.02. The van der Waals surface area contributed by atoms with Gasteiger partial charge in [-0.15, -0.1) is 11.8 Å². The fourth-order valence-corrected chi connectivity index (χ4v) is 3.49. The standard InChI is InChI=1S/C15H16F17NS/c1-4-7(33(2)3)34-6-5-8(16,17)9(18,19)10(20,21)11(22,23)12(24,25)13(26,27)14(28,29)15(30,31)32/h7H,4-6H2,1-3H3. The van der Waals surface area contributed by atoms with Crippen LogP contribution in [-0.4, -0.2) is 77.8 Å². The van der Waals surface area contributed by atoms with Gasteiger partial charge in [-0.1, -0.05) is 6.92 Å². The van der Waals surface area contributed by atoms with Crippen LogP contribution in [-0.2, 0) is 0 Å². The molecule has 0 aromatic heterocycles. The molecule has 0 bridgehead atoms. The Morgan fingerprint density at radius 3 is 1.18 bits per heavy atom. The van der Waals surface area contributed by atoms with Gasteiger partial charge in [0.25, 0.3) is 0 Å². The third-order valence-electron chi connectivity index (χ3n) is 4.44. The quantitative estimate of drug-likeness (QED) is 0.179. The van der Waals surface area contributed by atoms with E-state index in [-0.39, 0.29) is 6.42 Å². The molecule has 206 valence electrons.